The van der Waals surface area contributed by atoms with Crippen LogP contribution in [0.25, 0.3) is 10.6 Å². The molecule has 0 aliphatic heterocycles. The number of carbonyl (C=O) groups is 1. The second-order valence-electron chi connectivity index (χ2n) is 6.36. The van der Waals surface area contributed by atoms with E-state index in [0.29, 0.717) is 10.6 Å². The molecule has 0 bridgehead atoms. The zero-order valence-electron chi connectivity index (χ0n) is 16.1. The zero-order chi connectivity index (χ0) is 20.3. The van der Waals surface area contributed by atoms with Crippen molar-refractivity contribution in [3.05, 3.63) is 63.7 Å². The number of carbonyl (C=O) groups excluding carboxylic acids is 1. The van der Waals surface area contributed by atoms with Crippen molar-refractivity contribution in [2.24, 2.45) is 5.10 Å². The zero-order valence-corrected chi connectivity index (χ0v) is 16.9. The molecule has 144 valence electrons. The highest BCUT2D eigenvalue weighted by atomic mass is 32.1. The summed E-state index contributed by atoms with van der Waals surface area (Å²) < 4.78 is 5.16. The van der Waals surface area contributed by atoms with Gasteiger partial charge in [-0.05, 0) is 73.9 Å². The molecule has 0 radical (unpaired) electrons. The lowest BCUT2D eigenvalue weighted by Crippen LogP contribution is -2.17. The quantitative estimate of drug-likeness (QED) is 0.501. The summed E-state index contributed by atoms with van der Waals surface area (Å²) in [7, 11) is 1.62. The van der Waals surface area contributed by atoms with E-state index >= 15 is 0 Å². The number of nitrogens with zero attached hydrogens (tertiary/aromatic N) is 2. The minimum atomic E-state index is -0.307. The van der Waals surface area contributed by atoms with E-state index in [1.165, 1.54) is 11.3 Å². The maximum Gasteiger partial charge on any atom is 0.283 e. The molecule has 0 saturated heterocycles. The summed E-state index contributed by atoms with van der Waals surface area (Å²) in [6, 6.07) is 11.1. The fourth-order valence-corrected chi connectivity index (χ4v) is 3.71. The van der Waals surface area contributed by atoms with E-state index in [4.69, 9.17) is 4.74 Å². The van der Waals surface area contributed by atoms with Crippen LogP contribution in [0.4, 0.5) is 0 Å². The van der Waals surface area contributed by atoms with Crippen molar-refractivity contribution in [3.63, 3.8) is 0 Å². The number of hydrogen-bond acceptors (Lipinski definition) is 6. The van der Waals surface area contributed by atoms with Gasteiger partial charge in [0.05, 0.1) is 19.0 Å². The average molecular weight is 395 g/mol. The SMILES string of the molecule is COc1ccc(-c2nc(C)c(C(=O)N/N=C/c3cc(C)c(O)c(C)c3)s2)cc1. The number of hydrazone groups is 1. The summed E-state index contributed by atoms with van der Waals surface area (Å²) >= 11 is 1.32. The number of rotatable bonds is 5. The standard InChI is InChI=1S/C21H21N3O3S/c1-12-9-15(10-13(2)18(12)25)11-22-24-20(26)19-14(3)23-21(28-19)16-5-7-17(27-4)8-6-16/h5-11,25H,1-4H3,(H,24,26)/b22-11+. The molecule has 28 heavy (non-hydrogen) atoms. The van der Waals surface area contributed by atoms with Gasteiger partial charge >= 0.3 is 0 Å². The molecule has 0 saturated carbocycles. The monoisotopic (exact) mass is 395 g/mol. The van der Waals surface area contributed by atoms with Gasteiger partial charge in [0.25, 0.3) is 5.91 Å². The number of phenols is 1. The van der Waals surface area contributed by atoms with E-state index in [0.717, 1.165) is 33.0 Å². The number of benzene rings is 2. The Morgan fingerprint density at radius 1 is 1.18 bits per heavy atom. The molecule has 0 atom stereocenters. The third kappa shape index (κ3) is 4.20. The fraction of sp³-hybridized carbons (Fsp3) is 0.190. The van der Waals surface area contributed by atoms with Gasteiger partial charge in [0, 0.05) is 5.56 Å². The Bertz CT molecular complexity index is 1020. The summed E-state index contributed by atoms with van der Waals surface area (Å²) in [5.41, 5.74) is 6.44. The van der Waals surface area contributed by atoms with Gasteiger partial charge in [0.1, 0.15) is 21.4 Å². The molecular formula is C21H21N3O3S. The van der Waals surface area contributed by atoms with E-state index in [1.54, 1.807) is 32.4 Å². The second kappa shape index (κ2) is 8.22. The largest absolute Gasteiger partial charge is 0.507 e. The van der Waals surface area contributed by atoms with Crippen LogP contribution >= 0.6 is 11.3 Å². The first-order valence-electron chi connectivity index (χ1n) is 8.64. The van der Waals surface area contributed by atoms with Crippen molar-refractivity contribution in [3.8, 4) is 22.1 Å². The third-order valence-corrected chi connectivity index (χ3v) is 5.44. The van der Waals surface area contributed by atoms with Gasteiger partial charge in [-0.3, -0.25) is 4.79 Å². The molecule has 6 nitrogen and oxygen atoms in total. The van der Waals surface area contributed by atoms with Gasteiger partial charge in [-0.15, -0.1) is 11.3 Å². The van der Waals surface area contributed by atoms with E-state index in [9.17, 15) is 9.90 Å². The number of ether oxygens (including phenoxy) is 1. The average Bonchev–Trinajstić information content (AvgIpc) is 3.07. The number of methoxy groups -OCH3 is 1. The molecule has 0 aliphatic carbocycles. The van der Waals surface area contributed by atoms with Crippen LogP contribution < -0.4 is 10.2 Å². The number of hydrogen-bond donors (Lipinski definition) is 2. The maximum absolute atomic E-state index is 12.5. The van der Waals surface area contributed by atoms with Gasteiger partial charge in [0.15, 0.2) is 0 Å². The fourth-order valence-electron chi connectivity index (χ4n) is 2.74. The van der Waals surface area contributed by atoms with Gasteiger partial charge in [-0.1, -0.05) is 0 Å². The Morgan fingerprint density at radius 2 is 1.82 bits per heavy atom. The molecule has 1 heterocycles. The lowest BCUT2D eigenvalue weighted by Gasteiger charge is -2.04. The number of nitrogens with one attached hydrogen (secondary N) is 1. The van der Waals surface area contributed by atoms with Crippen molar-refractivity contribution < 1.29 is 14.6 Å². The molecule has 3 aromatic rings. The summed E-state index contributed by atoms with van der Waals surface area (Å²) in [5.74, 6) is 0.731. The maximum atomic E-state index is 12.5. The van der Waals surface area contributed by atoms with Crippen LogP contribution in [0.2, 0.25) is 0 Å². The van der Waals surface area contributed by atoms with Crippen LogP contribution in [0, 0.1) is 20.8 Å². The summed E-state index contributed by atoms with van der Waals surface area (Å²) in [5, 5.41) is 14.6. The smallest absolute Gasteiger partial charge is 0.283 e. The molecule has 0 spiro atoms. The van der Waals surface area contributed by atoms with Crippen LogP contribution in [0.15, 0.2) is 41.5 Å². The number of thiazole rings is 1. The summed E-state index contributed by atoms with van der Waals surface area (Å²) in [6.45, 7) is 5.44. The molecular weight excluding hydrogens is 374 g/mol. The normalized spacial score (nSPS) is 11.0. The molecule has 2 N–H and O–H groups in total. The van der Waals surface area contributed by atoms with Crippen molar-refractivity contribution in [2.75, 3.05) is 7.11 Å². The Kier molecular flexibility index (Phi) is 5.75. The Morgan fingerprint density at radius 3 is 2.43 bits per heavy atom. The number of aromatic hydroxyl groups is 1. The first-order chi connectivity index (χ1) is 13.4. The first kappa shape index (κ1) is 19.6. The lowest BCUT2D eigenvalue weighted by molar-refractivity contribution is 0.0958. The number of aryl methyl sites for hydroxylation is 3. The van der Waals surface area contributed by atoms with Crippen LogP contribution in [-0.4, -0.2) is 29.3 Å². The number of phenolic OH excluding ortho intramolecular Hbond substituents is 1. The third-order valence-electron chi connectivity index (χ3n) is 4.23. The van der Waals surface area contributed by atoms with Gasteiger partial charge in [0.2, 0.25) is 0 Å². The highest BCUT2D eigenvalue weighted by Gasteiger charge is 2.16. The predicted octanol–water partition coefficient (Wildman–Crippen LogP) is 4.21. The Hall–Kier alpha value is -3.19. The van der Waals surface area contributed by atoms with Gasteiger partial charge < -0.3 is 9.84 Å². The molecule has 2 aromatic carbocycles. The van der Waals surface area contributed by atoms with Crippen molar-refractivity contribution in [1.82, 2.24) is 10.4 Å². The Balaban J connectivity index is 1.73. The highest BCUT2D eigenvalue weighted by Crippen LogP contribution is 2.29. The van der Waals surface area contributed by atoms with E-state index in [2.05, 4.69) is 15.5 Å². The van der Waals surface area contributed by atoms with E-state index < -0.39 is 0 Å². The summed E-state index contributed by atoms with van der Waals surface area (Å²) in [6.07, 6.45) is 1.55. The van der Waals surface area contributed by atoms with Crippen molar-refractivity contribution in [1.29, 1.82) is 0 Å². The first-order valence-corrected chi connectivity index (χ1v) is 9.46. The van der Waals surface area contributed by atoms with Crippen molar-refractivity contribution >= 4 is 23.5 Å². The number of amides is 1. The van der Waals surface area contributed by atoms with E-state index in [1.807, 2.05) is 38.1 Å². The molecule has 0 aliphatic rings. The van der Waals surface area contributed by atoms with Crippen LogP contribution in [0.1, 0.15) is 32.1 Å². The summed E-state index contributed by atoms with van der Waals surface area (Å²) in [4.78, 5) is 17.5. The molecule has 7 heteroatoms. The van der Waals surface area contributed by atoms with E-state index in [-0.39, 0.29) is 11.7 Å². The van der Waals surface area contributed by atoms with Gasteiger partial charge in [-0.25, -0.2) is 10.4 Å². The minimum Gasteiger partial charge on any atom is -0.507 e. The predicted molar refractivity (Wildman–Crippen MR) is 111 cm³/mol. The molecule has 3 rings (SSSR count). The second-order valence-corrected chi connectivity index (χ2v) is 7.36. The van der Waals surface area contributed by atoms with Gasteiger partial charge in [-0.2, -0.15) is 5.10 Å². The minimum absolute atomic E-state index is 0.271. The molecule has 0 fully saturated rings. The topological polar surface area (TPSA) is 83.8 Å². The number of aromatic nitrogens is 1. The van der Waals surface area contributed by atoms with Crippen molar-refractivity contribution in [2.45, 2.75) is 20.8 Å². The molecule has 0 unspecified atom stereocenters. The molecule has 1 aromatic heterocycles. The van der Waals surface area contributed by atoms with Crippen LogP contribution in [0.5, 0.6) is 11.5 Å². The van der Waals surface area contributed by atoms with Crippen LogP contribution in [-0.2, 0) is 0 Å². The lowest BCUT2D eigenvalue weighted by atomic mass is 10.1. The van der Waals surface area contributed by atoms with Crippen LogP contribution in [0.3, 0.4) is 0 Å². The molecule has 1 amide bonds. The Labute approximate surface area is 167 Å². The highest BCUT2D eigenvalue weighted by molar-refractivity contribution is 7.17.